The van der Waals surface area contributed by atoms with Crippen LogP contribution < -0.4 is 9.80 Å². The molecular weight excluding hydrogens is 336 g/mol. The minimum absolute atomic E-state index is 0.880. The van der Waals surface area contributed by atoms with Gasteiger partial charge in [0.15, 0.2) is 0 Å². The van der Waals surface area contributed by atoms with Crippen LogP contribution in [0.2, 0.25) is 0 Å². The van der Waals surface area contributed by atoms with Gasteiger partial charge in [0.1, 0.15) is 17.5 Å². The van der Waals surface area contributed by atoms with E-state index in [1.807, 2.05) is 19.2 Å². The first-order valence-corrected chi connectivity index (χ1v) is 10.3. The summed E-state index contributed by atoms with van der Waals surface area (Å²) in [5.41, 5.74) is 1.18. The topological polar surface area (TPSA) is 48.4 Å². The van der Waals surface area contributed by atoms with Gasteiger partial charge in [-0.05, 0) is 38.3 Å². The monoisotopic (exact) mass is 366 g/mol. The van der Waals surface area contributed by atoms with Gasteiger partial charge >= 0.3 is 0 Å². The second-order valence-corrected chi connectivity index (χ2v) is 7.58. The maximum atomic E-state index is 4.73. The zero-order valence-corrected chi connectivity index (χ0v) is 16.3. The Hall–Kier alpha value is -2.21. The van der Waals surface area contributed by atoms with Crippen molar-refractivity contribution >= 4 is 11.6 Å². The van der Waals surface area contributed by atoms with Crippen LogP contribution in [0.4, 0.5) is 11.6 Å². The van der Waals surface area contributed by atoms with Crippen LogP contribution in [0.5, 0.6) is 0 Å². The normalized spacial score (nSPS) is 18.7. The Morgan fingerprint density at radius 1 is 0.852 bits per heavy atom. The summed E-state index contributed by atoms with van der Waals surface area (Å²) in [7, 11) is 0. The van der Waals surface area contributed by atoms with E-state index in [0.717, 1.165) is 69.7 Å². The molecule has 0 N–H and O–H groups in total. The first-order chi connectivity index (χ1) is 13.3. The van der Waals surface area contributed by atoms with E-state index < -0.39 is 0 Å². The van der Waals surface area contributed by atoms with E-state index >= 15 is 0 Å². The Kier molecular flexibility index (Phi) is 5.82. The number of piperidine rings is 1. The Bertz CT molecular complexity index is 721. The summed E-state index contributed by atoms with van der Waals surface area (Å²) in [5.74, 6) is 3.08. The van der Waals surface area contributed by atoms with Crippen LogP contribution in [0, 0.1) is 6.92 Å². The zero-order chi connectivity index (χ0) is 18.5. The van der Waals surface area contributed by atoms with Gasteiger partial charge in [-0.3, -0.25) is 9.88 Å². The van der Waals surface area contributed by atoms with Crippen LogP contribution in [0.1, 0.15) is 30.8 Å². The third kappa shape index (κ3) is 4.75. The lowest BCUT2D eigenvalue weighted by molar-refractivity contribution is 0.259. The van der Waals surface area contributed by atoms with E-state index in [2.05, 4.69) is 37.9 Å². The van der Waals surface area contributed by atoms with E-state index in [1.165, 1.54) is 25.0 Å². The van der Waals surface area contributed by atoms with Gasteiger partial charge in [0.05, 0.1) is 0 Å². The molecule has 4 rings (SSSR count). The van der Waals surface area contributed by atoms with Crippen LogP contribution in [0.25, 0.3) is 0 Å². The molecule has 0 aromatic carbocycles. The summed E-state index contributed by atoms with van der Waals surface area (Å²) in [6, 6.07) is 8.35. The molecule has 2 aliphatic rings. The molecule has 2 aromatic rings. The maximum absolute atomic E-state index is 4.73. The quantitative estimate of drug-likeness (QED) is 0.810. The molecule has 2 aromatic heterocycles. The zero-order valence-electron chi connectivity index (χ0n) is 16.3. The molecule has 0 spiro atoms. The Morgan fingerprint density at radius 2 is 1.56 bits per heavy atom. The highest BCUT2D eigenvalue weighted by Crippen LogP contribution is 2.23. The van der Waals surface area contributed by atoms with Gasteiger partial charge in [-0.2, -0.15) is 0 Å². The fourth-order valence-electron chi connectivity index (χ4n) is 4.00. The molecule has 0 amide bonds. The molecule has 2 fully saturated rings. The highest BCUT2D eigenvalue weighted by Gasteiger charge is 2.20. The van der Waals surface area contributed by atoms with Crippen molar-refractivity contribution in [3.05, 3.63) is 42.0 Å². The molecule has 6 heteroatoms. The smallest absolute Gasteiger partial charge is 0.134 e. The Morgan fingerprint density at radius 3 is 2.22 bits per heavy atom. The number of nitrogens with zero attached hydrogens (tertiary/aromatic N) is 6. The molecule has 0 radical (unpaired) electrons. The van der Waals surface area contributed by atoms with Crippen LogP contribution in [-0.4, -0.2) is 65.7 Å². The van der Waals surface area contributed by atoms with Crippen molar-refractivity contribution in [1.29, 1.82) is 0 Å². The predicted octanol–water partition coefficient (Wildman–Crippen LogP) is 2.54. The highest BCUT2D eigenvalue weighted by molar-refractivity contribution is 5.51. The number of piperazine rings is 1. The Balaban J connectivity index is 1.34. The summed E-state index contributed by atoms with van der Waals surface area (Å²) in [5, 5.41) is 0. The maximum Gasteiger partial charge on any atom is 0.134 e. The largest absolute Gasteiger partial charge is 0.356 e. The van der Waals surface area contributed by atoms with E-state index in [4.69, 9.17) is 9.97 Å². The second kappa shape index (κ2) is 8.65. The Labute approximate surface area is 162 Å². The molecule has 0 atom stereocenters. The van der Waals surface area contributed by atoms with Crippen LogP contribution in [0.15, 0.2) is 30.5 Å². The van der Waals surface area contributed by atoms with Crippen molar-refractivity contribution < 1.29 is 0 Å². The van der Waals surface area contributed by atoms with Gasteiger partial charge in [0.25, 0.3) is 0 Å². The van der Waals surface area contributed by atoms with Crippen molar-refractivity contribution in [1.82, 2.24) is 19.9 Å². The van der Waals surface area contributed by atoms with Crippen molar-refractivity contribution in [2.45, 2.75) is 32.6 Å². The predicted molar refractivity (Wildman–Crippen MR) is 109 cm³/mol. The summed E-state index contributed by atoms with van der Waals surface area (Å²) in [6.07, 6.45) is 6.78. The van der Waals surface area contributed by atoms with Crippen molar-refractivity contribution in [2.75, 3.05) is 55.6 Å². The second-order valence-electron chi connectivity index (χ2n) is 7.58. The van der Waals surface area contributed by atoms with Gasteiger partial charge in [0, 0.05) is 70.2 Å². The summed E-state index contributed by atoms with van der Waals surface area (Å²) >= 11 is 0. The molecule has 27 heavy (non-hydrogen) atoms. The van der Waals surface area contributed by atoms with Gasteiger partial charge in [-0.15, -0.1) is 0 Å². The third-order valence-electron chi connectivity index (χ3n) is 5.60. The van der Waals surface area contributed by atoms with Crippen LogP contribution in [0.3, 0.4) is 0 Å². The number of hydrogen-bond acceptors (Lipinski definition) is 6. The van der Waals surface area contributed by atoms with E-state index in [9.17, 15) is 0 Å². The van der Waals surface area contributed by atoms with E-state index in [-0.39, 0.29) is 0 Å². The average molecular weight is 367 g/mol. The molecule has 2 saturated heterocycles. The van der Waals surface area contributed by atoms with Crippen LogP contribution in [-0.2, 0) is 6.42 Å². The lowest BCUT2D eigenvalue weighted by Gasteiger charge is -2.36. The molecule has 0 saturated carbocycles. The van der Waals surface area contributed by atoms with Gasteiger partial charge in [0.2, 0.25) is 0 Å². The SMILES string of the molecule is Cc1nc(N2CCCCC2)cc(N2CCN(CCc3ccccn3)CC2)n1. The number of aryl methyl sites for hydroxylation is 1. The summed E-state index contributed by atoms with van der Waals surface area (Å²) in [6.45, 7) is 9.54. The number of hydrogen-bond donors (Lipinski definition) is 0. The molecule has 4 heterocycles. The van der Waals surface area contributed by atoms with E-state index in [0.29, 0.717) is 0 Å². The van der Waals surface area contributed by atoms with Gasteiger partial charge in [-0.1, -0.05) is 6.07 Å². The lowest BCUT2D eigenvalue weighted by atomic mass is 10.1. The number of pyridine rings is 1. The number of aromatic nitrogens is 3. The first kappa shape index (κ1) is 18.2. The molecule has 0 aliphatic carbocycles. The van der Waals surface area contributed by atoms with Gasteiger partial charge < -0.3 is 9.80 Å². The molecular formula is C21H30N6. The minimum atomic E-state index is 0.880. The molecule has 2 aliphatic heterocycles. The highest BCUT2D eigenvalue weighted by atomic mass is 15.3. The van der Waals surface area contributed by atoms with Crippen molar-refractivity contribution in [3.63, 3.8) is 0 Å². The fourth-order valence-corrected chi connectivity index (χ4v) is 4.00. The molecule has 0 bridgehead atoms. The molecule has 0 unspecified atom stereocenters. The van der Waals surface area contributed by atoms with Crippen molar-refractivity contribution in [3.8, 4) is 0 Å². The first-order valence-electron chi connectivity index (χ1n) is 10.3. The average Bonchev–Trinajstić information content (AvgIpc) is 2.73. The summed E-state index contributed by atoms with van der Waals surface area (Å²) in [4.78, 5) is 21.2. The lowest BCUT2D eigenvalue weighted by Crippen LogP contribution is -2.47. The van der Waals surface area contributed by atoms with Crippen molar-refractivity contribution in [2.24, 2.45) is 0 Å². The minimum Gasteiger partial charge on any atom is -0.356 e. The molecule has 144 valence electrons. The number of anilines is 2. The van der Waals surface area contributed by atoms with E-state index in [1.54, 1.807) is 0 Å². The fraction of sp³-hybridized carbons (Fsp3) is 0.571. The van der Waals surface area contributed by atoms with Gasteiger partial charge in [-0.25, -0.2) is 9.97 Å². The molecule has 6 nitrogen and oxygen atoms in total. The van der Waals surface area contributed by atoms with Crippen LogP contribution >= 0.6 is 0 Å². The third-order valence-corrected chi connectivity index (χ3v) is 5.60. The number of rotatable bonds is 5. The summed E-state index contributed by atoms with van der Waals surface area (Å²) < 4.78 is 0. The standard InChI is InChI=1S/C21H30N6/c1-18-23-20(26-10-5-2-6-11-26)17-21(24-18)27-15-13-25(14-16-27)12-8-19-7-3-4-9-22-19/h3-4,7,9,17H,2,5-6,8,10-16H2,1H3.